The number of carbonyl (C=O) groups is 1. The van der Waals surface area contributed by atoms with E-state index in [2.05, 4.69) is 0 Å². The minimum absolute atomic E-state index is 0.209. The van der Waals surface area contributed by atoms with Crippen LogP contribution in [0.1, 0.15) is 13.8 Å². The Morgan fingerprint density at radius 3 is 2.35 bits per heavy atom. The molecule has 0 fully saturated rings. The van der Waals surface area contributed by atoms with E-state index < -0.39 is 5.41 Å². The van der Waals surface area contributed by atoms with Gasteiger partial charge in [0.2, 0.25) is 0 Å². The molecule has 0 saturated heterocycles. The molecule has 0 aliphatic heterocycles. The normalized spacial score (nSPS) is 11.1. The molecule has 0 atom stereocenters. The first-order valence-electron chi connectivity index (χ1n) is 5.52. The summed E-state index contributed by atoms with van der Waals surface area (Å²) < 4.78 is 4.79. The first kappa shape index (κ1) is 13.4. The Morgan fingerprint density at radius 1 is 1.35 bits per heavy atom. The van der Waals surface area contributed by atoms with Gasteiger partial charge < -0.3 is 15.4 Å². The lowest BCUT2D eigenvalue weighted by atomic mass is 9.93. The third-order valence-electron chi connectivity index (χ3n) is 2.70. The molecule has 17 heavy (non-hydrogen) atoms. The van der Waals surface area contributed by atoms with Gasteiger partial charge in [-0.2, -0.15) is 0 Å². The van der Waals surface area contributed by atoms with Crippen LogP contribution in [-0.2, 0) is 9.53 Å². The van der Waals surface area contributed by atoms with Crippen molar-refractivity contribution in [2.45, 2.75) is 13.8 Å². The molecule has 0 heterocycles. The minimum atomic E-state index is -0.537. The largest absolute Gasteiger partial charge is 0.469 e. The summed E-state index contributed by atoms with van der Waals surface area (Å²) in [4.78, 5) is 13.6. The molecule has 0 unspecified atom stereocenters. The number of rotatable bonds is 4. The van der Waals surface area contributed by atoms with Gasteiger partial charge in [0.05, 0.1) is 12.5 Å². The third kappa shape index (κ3) is 3.37. The standard InChI is InChI=1S/C13H20N2O2/c1-13(2,12(16)17-4)9-15(3)11-7-5-10(14)6-8-11/h5-8H,9,14H2,1-4H3. The fraction of sp³-hybridized carbons (Fsp3) is 0.462. The predicted octanol–water partition coefficient (Wildman–Crippen LogP) is 1.90. The number of benzene rings is 1. The number of hydrogen-bond acceptors (Lipinski definition) is 4. The zero-order valence-corrected chi connectivity index (χ0v) is 10.9. The van der Waals surface area contributed by atoms with Crippen LogP contribution in [0.4, 0.5) is 11.4 Å². The summed E-state index contributed by atoms with van der Waals surface area (Å²) in [6, 6.07) is 7.55. The van der Waals surface area contributed by atoms with E-state index in [-0.39, 0.29) is 5.97 Å². The van der Waals surface area contributed by atoms with Crippen molar-refractivity contribution in [3.63, 3.8) is 0 Å². The van der Waals surface area contributed by atoms with Gasteiger partial charge in [0.15, 0.2) is 0 Å². The predicted molar refractivity (Wildman–Crippen MR) is 69.9 cm³/mol. The van der Waals surface area contributed by atoms with E-state index in [0.717, 1.165) is 11.4 Å². The number of nitrogen functional groups attached to an aromatic ring is 1. The molecule has 4 nitrogen and oxygen atoms in total. The number of nitrogens with two attached hydrogens (primary N) is 1. The Bertz CT molecular complexity index is 385. The lowest BCUT2D eigenvalue weighted by molar-refractivity contribution is -0.150. The fourth-order valence-corrected chi connectivity index (χ4v) is 1.75. The third-order valence-corrected chi connectivity index (χ3v) is 2.70. The molecule has 0 aliphatic carbocycles. The average molecular weight is 236 g/mol. The molecule has 0 radical (unpaired) electrons. The van der Waals surface area contributed by atoms with E-state index in [1.165, 1.54) is 7.11 Å². The van der Waals surface area contributed by atoms with Crippen molar-refractivity contribution >= 4 is 17.3 Å². The highest BCUT2D eigenvalue weighted by molar-refractivity contribution is 5.76. The first-order valence-corrected chi connectivity index (χ1v) is 5.52. The summed E-state index contributed by atoms with van der Waals surface area (Å²) in [7, 11) is 3.35. The number of esters is 1. The van der Waals surface area contributed by atoms with Crippen molar-refractivity contribution in [3.05, 3.63) is 24.3 Å². The van der Waals surface area contributed by atoms with Gasteiger partial charge in [0, 0.05) is 25.0 Å². The Balaban J connectivity index is 2.75. The Morgan fingerprint density at radius 2 is 1.88 bits per heavy atom. The molecule has 0 aromatic heterocycles. The van der Waals surface area contributed by atoms with Crippen molar-refractivity contribution in [1.29, 1.82) is 0 Å². The molecule has 0 aliphatic rings. The van der Waals surface area contributed by atoms with Gasteiger partial charge in [-0.3, -0.25) is 4.79 Å². The maximum absolute atomic E-state index is 11.6. The van der Waals surface area contributed by atoms with E-state index in [4.69, 9.17) is 10.5 Å². The van der Waals surface area contributed by atoms with Gasteiger partial charge in [-0.05, 0) is 38.1 Å². The maximum atomic E-state index is 11.6. The monoisotopic (exact) mass is 236 g/mol. The smallest absolute Gasteiger partial charge is 0.313 e. The summed E-state index contributed by atoms with van der Waals surface area (Å²) >= 11 is 0. The van der Waals surface area contributed by atoms with Crippen LogP contribution in [0.15, 0.2) is 24.3 Å². The van der Waals surface area contributed by atoms with Crippen molar-refractivity contribution in [1.82, 2.24) is 0 Å². The molecule has 4 heteroatoms. The van der Waals surface area contributed by atoms with Gasteiger partial charge in [0.25, 0.3) is 0 Å². The average Bonchev–Trinajstić information content (AvgIpc) is 2.28. The van der Waals surface area contributed by atoms with E-state index in [0.29, 0.717) is 6.54 Å². The summed E-state index contributed by atoms with van der Waals surface area (Å²) in [6.45, 7) is 4.32. The number of anilines is 2. The number of ether oxygens (including phenoxy) is 1. The minimum Gasteiger partial charge on any atom is -0.469 e. The van der Waals surface area contributed by atoms with Crippen LogP contribution in [0, 0.1) is 5.41 Å². The summed E-state index contributed by atoms with van der Waals surface area (Å²) in [5, 5.41) is 0. The van der Waals surface area contributed by atoms with Crippen molar-refractivity contribution in [2.75, 3.05) is 31.3 Å². The zero-order valence-electron chi connectivity index (χ0n) is 10.9. The molecule has 1 aromatic carbocycles. The number of nitrogens with zero attached hydrogens (tertiary/aromatic N) is 1. The zero-order chi connectivity index (χ0) is 13.1. The second-order valence-corrected chi connectivity index (χ2v) is 4.82. The van der Waals surface area contributed by atoms with Crippen LogP contribution in [0.3, 0.4) is 0 Å². The molecule has 2 N–H and O–H groups in total. The molecule has 1 aromatic rings. The van der Waals surface area contributed by atoms with Gasteiger partial charge >= 0.3 is 5.97 Å². The van der Waals surface area contributed by atoms with Crippen LogP contribution in [0.25, 0.3) is 0 Å². The van der Waals surface area contributed by atoms with Crippen LogP contribution in [0.2, 0.25) is 0 Å². The molecule has 0 amide bonds. The lowest BCUT2D eigenvalue weighted by Crippen LogP contribution is -2.38. The SMILES string of the molecule is COC(=O)C(C)(C)CN(C)c1ccc(N)cc1. The summed E-state index contributed by atoms with van der Waals surface area (Å²) in [5.41, 5.74) is 6.85. The highest BCUT2D eigenvalue weighted by Gasteiger charge is 2.30. The van der Waals surface area contributed by atoms with E-state index in [1.54, 1.807) is 0 Å². The molecular formula is C13H20N2O2. The molecule has 0 saturated carbocycles. The van der Waals surface area contributed by atoms with Gasteiger partial charge in [0.1, 0.15) is 0 Å². The van der Waals surface area contributed by atoms with E-state index in [9.17, 15) is 4.79 Å². The second-order valence-electron chi connectivity index (χ2n) is 4.82. The molecule has 94 valence electrons. The van der Waals surface area contributed by atoms with Crippen LogP contribution >= 0.6 is 0 Å². The quantitative estimate of drug-likeness (QED) is 0.641. The Labute approximate surface area is 102 Å². The molecule has 0 spiro atoms. The summed E-state index contributed by atoms with van der Waals surface area (Å²) in [6.07, 6.45) is 0. The van der Waals surface area contributed by atoms with Gasteiger partial charge in [-0.1, -0.05) is 0 Å². The lowest BCUT2D eigenvalue weighted by Gasteiger charge is -2.29. The molecular weight excluding hydrogens is 216 g/mol. The van der Waals surface area contributed by atoms with Gasteiger partial charge in [-0.25, -0.2) is 0 Å². The highest BCUT2D eigenvalue weighted by atomic mass is 16.5. The first-order chi connectivity index (χ1) is 7.86. The van der Waals surface area contributed by atoms with Crippen molar-refractivity contribution in [2.24, 2.45) is 5.41 Å². The number of methoxy groups -OCH3 is 1. The van der Waals surface area contributed by atoms with Crippen molar-refractivity contribution in [3.8, 4) is 0 Å². The molecule has 0 bridgehead atoms. The Kier molecular flexibility index (Phi) is 3.99. The van der Waals surface area contributed by atoms with Crippen LogP contribution in [-0.4, -0.2) is 26.7 Å². The summed E-state index contributed by atoms with van der Waals surface area (Å²) in [5.74, 6) is -0.209. The van der Waals surface area contributed by atoms with Crippen molar-refractivity contribution < 1.29 is 9.53 Å². The highest BCUT2D eigenvalue weighted by Crippen LogP contribution is 2.22. The second kappa shape index (κ2) is 5.08. The molecule has 1 rings (SSSR count). The topological polar surface area (TPSA) is 55.6 Å². The van der Waals surface area contributed by atoms with Gasteiger partial charge in [-0.15, -0.1) is 0 Å². The number of carbonyl (C=O) groups excluding carboxylic acids is 1. The van der Waals surface area contributed by atoms with E-state index >= 15 is 0 Å². The van der Waals surface area contributed by atoms with E-state index in [1.807, 2.05) is 50.1 Å². The fourth-order valence-electron chi connectivity index (χ4n) is 1.75. The van der Waals surface area contributed by atoms with Crippen LogP contribution < -0.4 is 10.6 Å². The Hall–Kier alpha value is -1.71. The number of hydrogen-bond donors (Lipinski definition) is 1. The maximum Gasteiger partial charge on any atom is 0.313 e. The van der Waals surface area contributed by atoms with Crippen LogP contribution in [0.5, 0.6) is 0 Å².